The maximum Gasteiger partial charge on any atom is 0.239 e. The van der Waals surface area contributed by atoms with E-state index < -0.39 is 5.92 Å². The Morgan fingerprint density at radius 3 is 2.50 bits per heavy atom. The molecule has 0 aliphatic carbocycles. The first-order chi connectivity index (χ1) is 12.5. The van der Waals surface area contributed by atoms with Crippen LogP contribution in [0, 0.1) is 5.92 Å². The molecule has 1 aromatic carbocycles. The van der Waals surface area contributed by atoms with Crippen LogP contribution < -0.4 is 10.2 Å². The summed E-state index contributed by atoms with van der Waals surface area (Å²) in [6.07, 6.45) is 3.99. The smallest absolute Gasteiger partial charge is 0.239 e. The highest BCUT2D eigenvalue weighted by Crippen LogP contribution is 2.29. The fourth-order valence-electron chi connectivity index (χ4n) is 4.57. The van der Waals surface area contributed by atoms with Gasteiger partial charge in [-0.2, -0.15) is 0 Å². The first-order valence-electron chi connectivity index (χ1n) is 9.99. The molecule has 3 heterocycles. The zero-order chi connectivity index (χ0) is 18.3. The molecule has 0 spiro atoms. The molecule has 3 fully saturated rings. The SMILES string of the molecule is CC(C)c1ccc(N2CCC(C(=O)N3CCC4CCC(C3)N4)C2=O)cc1. The summed E-state index contributed by atoms with van der Waals surface area (Å²) in [5, 5.41) is 3.60. The largest absolute Gasteiger partial charge is 0.340 e. The summed E-state index contributed by atoms with van der Waals surface area (Å²) in [7, 11) is 0. The van der Waals surface area contributed by atoms with E-state index in [0.29, 0.717) is 31.0 Å². The second-order valence-corrected chi connectivity index (χ2v) is 8.29. The zero-order valence-corrected chi connectivity index (χ0v) is 15.8. The highest BCUT2D eigenvalue weighted by molar-refractivity contribution is 6.09. The van der Waals surface area contributed by atoms with Gasteiger partial charge in [0.2, 0.25) is 11.8 Å². The number of anilines is 1. The number of hydrogen-bond acceptors (Lipinski definition) is 3. The van der Waals surface area contributed by atoms with Crippen LogP contribution >= 0.6 is 0 Å². The monoisotopic (exact) mass is 355 g/mol. The Bertz CT molecular complexity index is 685. The highest BCUT2D eigenvalue weighted by atomic mass is 16.2. The van der Waals surface area contributed by atoms with Gasteiger partial charge in [-0.25, -0.2) is 0 Å². The summed E-state index contributed by atoms with van der Waals surface area (Å²) in [5.41, 5.74) is 2.17. The molecule has 3 unspecified atom stereocenters. The van der Waals surface area contributed by atoms with Gasteiger partial charge < -0.3 is 15.1 Å². The minimum Gasteiger partial charge on any atom is -0.340 e. The van der Waals surface area contributed by atoms with Crippen LogP contribution in [0.5, 0.6) is 0 Å². The molecule has 1 N–H and O–H groups in total. The van der Waals surface area contributed by atoms with Crippen molar-refractivity contribution in [2.75, 3.05) is 24.5 Å². The average Bonchev–Trinajstić information content (AvgIpc) is 3.16. The minimum absolute atomic E-state index is 0.0327. The predicted octanol–water partition coefficient (Wildman–Crippen LogP) is 2.52. The second kappa shape index (κ2) is 7.03. The van der Waals surface area contributed by atoms with Crippen molar-refractivity contribution in [2.45, 2.75) is 57.5 Å². The van der Waals surface area contributed by atoms with Crippen LogP contribution in [0.25, 0.3) is 0 Å². The number of likely N-dealkylation sites (tertiary alicyclic amines) is 1. The number of rotatable bonds is 3. The van der Waals surface area contributed by atoms with E-state index in [0.717, 1.165) is 31.6 Å². The number of fused-ring (bicyclic) bond motifs is 2. The Balaban J connectivity index is 1.44. The van der Waals surface area contributed by atoms with Gasteiger partial charge in [0.25, 0.3) is 0 Å². The van der Waals surface area contributed by atoms with Gasteiger partial charge in [-0.15, -0.1) is 0 Å². The van der Waals surface area contributed by atoms with E-state index in [1.807, 2.05) is 17.0 Å². The van der Waals surface area contributed by atoms with Crippen LogP contribution in [-0.2, 0) is 9.59 Å². The number of amides is 2. The summed E-state index contributed by atoms with van der Waals surface area (Å²) in [6, 6.07) is 9.14. The number of carbonyl (C=O) groups excluding carboxylic acids is 2. The van der Waals surface area contributed by atoms with Gasteiger partial charge in [0.15, 0.2) is 0 Å². The van der Waals surface area contributed by atoms with Crippen molar-refractivity contribution in [2.24, 2.45) is 5.92 Å². The minimum atomic E-state index is -0.503. The van der Waals surface area contributed by atoms with Crippen LogP contribution in [0.1, 0.15) is 51.0 Å². The fraction of sp³-hybridized carbons (Fsp3) is 0.619. The molecule has 0 radical (unpaired) electrons. The van der Waals surface area contributed by atoms with Crippen molar-refractivity contribution in [1.29, 1.82) is 0 Å². The van der Waals surface area contributed by atoms with Gasteiger partial charge in [-0.3, -0.25) is 9.59 Å². The topological polar surface area (TPSA) is 52.7 Å². The standard InChI is InChI=1S/C21H29N3O2/c1-14(2)15-3-7-18(8-4-15)24-12-10-19(21(24)26)20(25)23-11-9-16-5-6-17(13-23)22-16/h3-4,7-8,14,16-17,19,22H,5-6,9-13H2,1-2H3. The van der Waals surface area contributed by atoms with Crippen LogP contribution in [0.3, 0.4) is 0 Å². The summed E-state index contributed by atoms with van der Waals surface area (Å²) in [4.78, 5) is 29.7. The lowest BCUT2D eigenvalue weighted by Gasteiger charge is -2.26. The lowest BCUT2D eigenvalue weighted by atomic mass is 10.0. The Kier molecular flexibility index (Phi) is 4.74. The van der Waals surface area contributed by atoms with Crippen molar-refractivity contribution in [3.8, 4) is 0 Å². The lowest BCUT2D eigenvalue weighted by molar-refractivity contribution is -0.140. The Morgan fingerprint density at radius 1 is 1.04 bits per heavy atom. The first kappa shape index (κ1) is 17.5. The third kappa shape index (κ3) is 3.25. The Hall–Kier alpha value is -1.88. The molecule has 5 nitrogen and oxygen atoms in total. The molecule has 3 atom stereocenters. The van der Waals surface area contributed by atoms with Crippen LogP contribution in [0.4, 0.5) is 5.69 Å². The van der Waals surface area contributed by atoms with Crippen molar-refractivity contribution in [1.82, 2.24) is 10.2 Å². The van der Waals surface area contributed by atoms with Crippen LogP contribution in [-0.4, -0.2) is 48.4 Å². The summed E-state index contributed by atoms with van der Waals surface area (Å²) >= 11 is 0. The molecule has 2 amide bonds. The van der Waals surface area contributed by atoms with E-state index in [1.165, 1.54) is 12.0 Å². The number of benzene rings is 1. The van der Waals surface area contributed by atoms with Gasteiger partial charge in [-0.1, -0.05) is 26.0 Å². The number of carbonyl (C=O) groups is 2. The normalized spacial score (nSPS) is 28.7. The summed E-state index contributed by atoms with van der Waals surface area (Å²) < 4.78 is 0. The molecule has 3 aliphatic rings. The molecular formula is C21H29N3O2. The molecular weight excluding hydrogens is 326 g/mol. The quantitative estimate of drug-likeness (QED) is 0.848. The van der Waals surface area contributed by atoms with Gasteiger partial charge in [0.1, 0.15) is 5.92 Å². The Labute approximate surface area is 155 Å². The van der Waals surface area contributed by atoms with E-state index in [2.05, 4.69) is 31.3 Å². The second-order valence-electron chi connectivity index (χ2n) is 8.29. The van der Waals surface area contributed by atoms with Crippen molar-refractivity contribution >= 4 is 17.5 Å². The van der Waals surface area contributed by atoms with E-state index >= 15 is 0 Å². The van der Waals surface area contributed by atoms with Gasteiger partial charge in [0.05, 0.1) is 0 Å². The average molecular weight is 355 g/mol. The van der Waals surface area contributed by atoms with E-state index in [4.69, 9.17) is 0 Å². The molecule has 3 saturated heterocycles. The van der Waals surface area contributed by atoms with E-state index in [-0.39, 0.29) is 11.8 Å². The number of nitrogens with zero attached hydrogens (tertiary/aromatic N) is 2. The van der Waals surface area contributed by atoms with Gasteiger partial charge in [-0.05, 0) is 49.3 Å². The number of hydrogen-bond donors (Lipinski definition) is 1. The molecule has 2 bridgehead atoms. The van der Waals surface area contributed by atoms with E-state index in [9.17, 15) is 9.59 Å². The maximum absolute atomic E-state index is 13.0. The fourth-order valence-corrected chi connectivity index (χ4v) is 4.57. The van der Waals surface area contributed by atoms with Gasteiger partial charge >= 0.3 is 0 Å². The van der Waals surface area contributed by atoms with Crippen molar-refractivity contribution in [3.63, 3.8) is 0 Å². The zero-order valence-electron chi connectivity index (χ0n) is 15.8. The molecule has 0 saturated carbocycles. The first-order valence-corrected chi connectivity index (χ1v) is 9.99. The van der Waals surface area contributed by atoms with Crippen molar-refractivity contribution in [3.05, 3.63) is 29.8 Å². The molecule has 0 aromatic heterocycles. The summed E-state index contributed by atoms with van der Waals surface area (Å²) in [5.74, 6) is -0.0312. The summed E-state index contributed by atoms with van der Waals surface area (Å²) in [6.45, 7) is 6.48. The molecule has 1 aromatic rings. The van der Waals surface area contributed by atoms with E-state index in [1.54, 1.807) is 4.90 Å². The highest BCUT2D eigenvalue weighted by Gasteiger charge is 2.41. The third-order valence-electron chi connectivity index (χ3n) is 6.21. The van der Waals surface area contributed by atoms with Crippen LogP contribution in [0.15, 0.2) is 24.3 Å². The number of nitrogens with one attached hydrogen (secondary N) is 1. The lowest BCUT2D eigenvalue weighted by Crippen LogP contribution is -2.44. The van der Waals surface area contributed by atoms with Crippen LogP contribution in [0.2, 0.25) is 0 Å². The molecule has 140 valence electrons. The molecule has 5 heteroatoms. The third-order valence-corrected chi connectivity index (χ3v) is 6.21. The maximum atomic E-state index is 13.0. The van der Waals surface area contributed by atoms with Gasteiger partial charge in [0, 0.05) is 37.4 Å². The molecule has 26 heavy (non-hydrogen) atoms. The van der Waals surface area contributed by atoms with Crippen molar-refractivity contribution < 1.29 is 9.59 Å². The molecule has 3 aliphatic heterocycles. The Morgan fingerprint density at radius 2 is 1.77 bits per heavy atom. The predicted molar refractivity (Wildman–Crippen MR) is 102 cm³/mol. The molecule has 4 rings (SSSR count).